The summed E-state index contributed by atoms with van der Waals surface area (Å²) in [6.07, 6.45) is 0.0275. The third-order valence-electron chi connectivity index (χ3n) is 11.5. The highest BCUT2D eigenvalue weighted by Gasteiger charge is 2.63. The van der Waals surface area contributed by atoms with E-state index in [2.05, 4.69) is 4.98 Å². The number of nitrogens with zero attached hydrogens (tertiary/aromatic N) is 1. The maximum absolute atomic E-state index is 14.1. The minimum absolute atomic E-state index is 0.00369. The lowest BCUT2D eigenvalue weighted by Crippen LogP contribution is -2.60. The van der Waals surface area contributed by atoms with Crippen molar-refractivity contribution < 1.29 is 41.4 Å². The highest BCUT2D eigenvalue weighted by molar-refractivity contribution is 7.86. The number of hydrogen-bond donors (Lipinski definition) is 2. The summed E-state index contributed by atoms with van der Waals surface area (Å²) in [4.78, 5) is 28.5. The first kappa shape index (κ1) is 44.2. The van der Waals surface area contributed by atoms with Crippen LogP contribution in [0.3, 0.4) is 0 Å². The van der Waals surface area contributed by atoms with Crippen molar-refractivity contribution in [2.75, 3.05) is 34.0 Å². The third kappa shape index (κ3) is 8.89. The standard InChI is InChI=1S/C48H50N2O11S/c1-34-15-25-42(26-16-34)62(54,55)60-33-47(46(27-28-51,58-31-36-11-7-5-8-12-36)29-43(61-47)50-30-35(2)44(52)49-45(50)53)32-59-48(37-13-9-6-10-14-37,38-17-21-40(56-3)22-18-38)39-19-23-41(57-4)24-20-39/h5-26,30,43,51H,27-29,31-33H2,1-4H3,(H,49,52,53)/t43-,46-,47-/m1/s1. The number of rotatable bonds is 18. The van der Waals surface area contributed by atoms with E-state index in [1.165, 1.54) is 22.9 Å². The maximum Gasteiger partial charge on any atom is 0.330 e. The van der Waals surface area contributed by atoms with Gasteiger partial charge in [-0.3, -0.25) is 18.5 Å². The second-order valence-corrected chi connectivity index (χ2v) is 16.9. The lowest BCUT2D eigenvalue weighted by atomic mass is 9.78. The highest BCUT2D eigenvalue weighted by Crippen LogP contribution is 2.52. The molecule has 1 aliphatic heterocycles. The van der Waals surface area contributed by atoms with Gasteiger partial charge in [0.1, 0.15) is 41.1 Å². The van der Waals surface area contributed by atoms with Crippen molar-refractivity contribution in [3.8, 4) is 11.5 Å². The minimum Gasteiger partial charge on any atom is -0.497 e. The van der Waals surface area contributed by atoms with Crippen LogP contribution >= 0.6 is 0 Å². The molecule has 0 spiro atoms. The summed E-state index contributed by atoms with van der Waals surface area (Å²) < 4.78 is 68.0. The summed E-state index contributed by atoms with van der Waals surface area (Å²) in [5.74, 6) is 1.22. The molecule has 62 heavy (non-hydrogen) atoms. The van der Waals surface area contributed by atoms with Crippen LogP contribution in [0.2, 0.25) is 0 Å². The van der Waals surface area contributed by atoms with Gasteiger partial charge >= 0.3 is 5.69 Å². The lowest BCUT2D eigenvalue weighted by molar-refractivity contribution is -0.224. The molecular weight excluding hydrogens is 813 g/mol. The molecule has 7 rings (SSSR count). The van der Waals surface area contributed by atoms with Gasteiger partial charge in [-0.2, -0.15) is 8.42 Å². The molecule has 14 heteroatoms. The number of benzene rings is 5. The normalized spacial score (nSPS) is 19.0. The Bertz CT molecular complexity index is 2610. The number of nitrogens with one attached hydrogen (secondary N) is 1. The number of ether oxygens (including phenoxy) is 5. The molecule has 0 amide bonds. The van der Waals surface area contributed by atoms with Gasteiger partial charge in [0, 0.05) is 31.2 Å². The number of aliphatic hydroxyl groups excluding tert-OH is 1. The van der Waals surface area contributed by atoms with Crippen molar-refractivity contribution in [3.05, 3.63) is 194 Å². The van der Waals surface area contributed by atoms with E-state index >= 15 is 0 Å². The summed E-state index contributed by atoms with van der Waals surface area (Å²) >= 11 is 0. The Balaban J connectivity index is 1.46. The molecule has 324 valence electrons. The van der Waals surface area contributed by atoms with Gasteiger partial charge in [0.15, 0.2) is 0 Å². The van der Waals surface area contributed by atoms with Crippen molar-refractivity contribution >= 4 is 10.1 Å². The molecule has 1 aliphatic rings. The third-order valence-corrected chi connectivity index (χ3v) is 12.8. The predicted molar refractivity (Wildman–Crippen MR) is 232 cm³/mol. The molecule has 0 aliphatic carbocycles. The molecule has 3 atom stereocenters. The van der Waals surface area contributed by atoms with Crippen molar-refractivity contribution in [2.24, 2.45) is 0 Å². The Hall–Kier alpha value is -5.87. The number of aromatic amines is 1. The van der Waals surface area contributed by atoms with Crippen molar-refractivity contribution in [1.29, 1.82) is 0 Å². The molecule has 2 N–H and O–H groups in total. The molecule has 1 aromatic heterocycles. The van der Waals surface area contributed by atoms with E-state index in [1.54, 1.807) is 33.3 Å². The Morgan fingerprint density at radius 3 is 1.90 bits per heavy atom. The van der Waals surface area contributed by atoms with E-state index in [9.17, 15) is 23.1 Å². The average Bonchev–Trinajstić information content (AvgIpc) is 3.61. The van der Waals surface area contributed by atoms with Crippen LogP contribution in [0, 0.1) is 13.8 Å². The van der Waals surface area contributed by atoms with Crippen LogP contribution in [0.15, 0.2) is 154 Å². The number of aromatic nitrogens is 2. The second kappa shape index (κ2) is 18.6. The van der Waals surface area contributed by atoms with Crippen LogP contribution in [0.5, 0.6) is 11.5 Å². The molecule has 1 saturated heterocycles. The van der Waals surface area contributed by atoms with Crippen LogP contribution < -0.4 is 20.7 Å². The zero-order valence-electron chi connectivity index (χ0n) is 35.0. The summed E-state index contributed by atoms with van der Waals surface area (Å²) in [5.41, 5.74) is -2.32. The number of aryl methyl sites for hydroxylation is 2. The van der Waals surface area contributed by atoms with Gasteiger partial charge in [-0.1, -0.05) is 103 Å². The SMILES string of the molecule is COc1ccc(C(OC[C@]2(COS(=O)(=O)c3ccc(C)cc3)O[C@@H](n3cc(C)c(=O)[nH]c3=O)C[C@@]2(CCO)OCc2ccccc2)(c2ccccc2)c2ccc(OC)cc2)cc1. The van der Waals surface area contributed by atoms with Crippen LogP contribution in [0.4, 0.5) is 0 Å². The van der Waals surface area contributed by atoms with Gasteiger partial charge in [0.05, 0.1) is 32.3 Å². The molecule has 2 heterocycles. The molecule has 5 aromatic carbocycles. The number of aliphatic hydroxyl groups is 1. The fourth-order valence-electron chi connectivity index (χ4n) is 8.02. The fourth-order valence-corrected chi connectivity index (χ4v) is 8.97. The first-order valence-electron chi connectivity index (χ1n) is 20.1. The molecule has 0 bridgehead atoms. The first-order valence-corrected chi connectivity index (χ1v) is 21.5. The van der Waals surface area contributed by atoms with Crippen molar-refractivity contribution in [1.82, 2.24) is 9.55 Å². The number of methoxy groups -OCH3 is 2. The zero-order chi connectivity index (χ0) is 44.0. The summed E-state index contributed by atoms with van der Waals surface area (Å²) in [5, 5.41) is 10.9. The topological polar surface area (TPSA) is 165 Å². The van der Waals surface area contributed by atoms with Gasteiger partial charge in [-0.05, 0) is 72.5 Å². The largest absolute Gasteiger partial charge is 0.497 e. The van der Waals surface area contributed by atoms with E-state index in [-0.39, 0.29) is 29.9 Å². The van der Waals surface area contributed by atoms with Gasteiger partial charge < -0.3 is 28.8 Å². The molecule has 13 nitrogen and oxygen atoms in total. The Morgan fingerprint density at radius 2 is 1.34 bits per heavy atom. The summed E-state index contributed by atoms with van der Waals surface area (Å²) in [6, 6.07) is 39.9. The van der Waals surface area contributed by atoms with Gasteiger partial charge in [-0.25, -0.2) is 4.79 Å². The molecule has 1 fully saturated rings. The van der Waals surface area contributed by atoms with Crippen molar-refractivity contribution in [3.63, 3.8) is 0 Å². The monoisotopic (exact) mass is 862 g/mol. The molecule has 0 unspecified atom stereocenters. The van der Waals surface area contributed by atoms with Crippen molar-refractivity contribution in [2.45, 2.75) is 61.2 Å². The minimum atomic E-state index is -4.46. The van der Waals surface area contributed by atoms with Crippen LogP contribution in [0.25, 0.3) is 0 Å². The van der Waals surface area contributed by atoms with Gasteiger partial charge in [-0.15, -0.1) is 0 Å². The lowest BCUT2D eigenvalue weighted by Gasteiger charge is -2.46. The van der Waals surface area contributed by atoms with Crippen LogP contribution in [0.1, 0.15) is 52.5 Å². The molecule has 0 radical (unpaired) electrons. The van der Waals surface area contributed by atoms with E-state index < -0.39 is 64.2 Å². The Morgan fingerprint density at radius 1 is 0.774 bits per heavy atom. The summed E-state index contributed by atoms with van der Waals surface area (Å²) in [6.45, 7) is 1.87. The highest BCUT2D eigenvalue weighted by atomic mass is 32.2. The van der Waals surface area contributed by atoms with Gasteiger partial charge in [0.25, 0.3) is 15.7 Å². The maximum atomic E-state index is 14.1. The second-order valence-electron chi connectivity index (χ2n) is 15.3. The molecular formula is C48H50N2O11S. The van der Waals surface area contributed by atoms with E-state index in [0.717, 1.165) is 11.1 Å². The van der Waals surface area contributed by atoms with Crippen LogP contribution in [-0.2, 0) is 40.7 Å². The predicted octanol–water partition coefficient (Wildman–Crippen LogP) is 6.58. The molecule has 6 aromatic rings. The Labute approximate surface area is 360 Å². The van der Waals surface area contributed by atoms with E-state index in [0.29, 0.717) is 28.2 Å². The zero-order valence-corrected chi connectivity index (χ0v) is 35.8. The number of H-pyrrole nitrogens is 1. The van der Waals surface area contributed by atoms with Gasteiger partial charge in [0.2, 0.25) is 0 Å². The molecule has 0 saturated carbocycles. The first-order chi connectivity index (χ1) is 29.9. The van der Waals surface area contributed by atoms with Crippen LogP contribution in [-0.4, -0.2) is 68.3 Å². The quantitative estimate of drug-likeness (QED) is 0.0709. The fraction of sp³-hybridized carbons (Fsp3) is 0.292. The van der Waals surface area contributed by atoms with E-state index in [4.69, 9.17) is 27.9 Å². The smallest absolute Gasteiger partial charge is 0.330 e. The van der Waals surface area contributed by atoms with E-state index in [1.807, 2.05) is 116 Å². The number of hydrogen-bond acceptors (Lipinski definition) is 11. The Kier molecular flexibility index (Phi) is 13.3. The average molecular weight is 863 g/mol. The summed E-state index contributed by atoms with van der Waals surface area (Å²) in [7, 11) is -1.31.